The Hall–Kier alpha value is -2.98. The summed E-state index contributed by atoms with van der Waals surface area (Å²) in [5, 5.41) is 10.1. The van der Waals surface area contributed by atoms with E-state index in [1.165, 1.54) is 23.5 Å². The molecule has 10 heteroatoms. The van der Waals surface area contributed by atoms with Crippen molar-refractivity contribution in [3.8, 4) is 11.4 Å². The number of esters is 1. The van der Waals surface area contributed by atoms with E-state index in [1.54, 1.807) is 32.3 Å². The SMILES string of the molecule is CC(C)OC(=O)c1sc(N(CO)c2ncccn2)nc1-c1cnccn1. The first-order valence-corrected chi connectivity index (χ1v) is 8.55. The van der Waals surface area contributed by atoms with Crippen molar-refractivity contribution in [1.82, 2.24) is 24.9 Å². The molecule has 0 saturated heterocycles. The van der Waals surface area contributed by atoms with E-state index in [2.05, 4.69) is 24.9 Å². The van der Waals surface area contributed by atoms with Crippen molar-refractivity contribution >= 4 is 28.4 Å². The molecule has 0 aliphatic rings. The molecule has 134 valence electrons. The Morgan fingerprint density at radius 3 is 2.62 bits per heavy atom. The summed E-state index contributed by atoms with van der Waals surface area (Å²) in [6, 6.07) is 1.66. The molecule has 0 amide bonds. The maximum Gasteiger partial charge on any atom is 0.351 e. The summed E-state index contributed by atoms with van der Waals surface area (Å²) in [5.41, 5.74) is 0.760. The quantitative estimate of drug-likeness (QED) is 0.513. The Morgan fingerprint density at radius 2 is 2.00 bits per heavy atom. The normalized spacial score (nSPS) is 10.8. The number of aliphatic hydroxyl groups excluding tert-OH is 1. The van der Waals surface area contributed by atoms with Crippen LogP contribution >= 0.6 is 11.3 Å². The smallest absolute Gasteiger partial charge is 0.351 e. The van der Waals surface area contributed by atoms with E-state index in [0.29, 0.717) is 16.5 Å². The van der Waals surface area contributed by atoms with Crippen molar-refractivity contribution in [3.05, 3.63) is 41.9 Å². The molecule has 0 aromatic carbocycles. The number of ether oxygens (including phenoxy) is 1. The standard InChI is InChI=1S/C16H16N6O3S/c1-10(2)25-14(24)13-12(11-8-17-6-7-18-11)21-16(26-13)22(9-23)15-19-4-3-5-20-15/h3-8,10,23H,9H2,1-2H3. The van der Waals surface area contributed by atoms with Crippen LogP contribution in [0.15, 0.2) is 37.1 Å². The maximum absolute atomic E-state index is 12.5. The van der Waals surface area contributed by atoms with Crippen LogP contribution < -0.4 is 4.90 Å². The van der Waals surface area contributed by atoms with Crippen LogP contribution in [0.5, 0.6) is 0 Å². The van der Waals surface area contributed by atoms with E-state index in [9.17, 15) is 9.90 Å². The van der Waals surface area contributed by atoms with Crippen LogP contribution in [0.2, 0.25) is 0 Å². The summed E-state index contributed by atoms with van der Waals surface area (Å²) >= 11 is 1.06. The molecular weight excluding hydrogens is 356 g/mol. The molecular formula is C16H16N6O3S. The number of hydrogen-bond acceptors (Lipinski definition) is 10. The summed E-state index contributed by atoms with van der Waals surface area (Å²) in [7, 11) is 0. The van der Waals surface area contributed by atoms with Crippen LogP contribution in [0.1, 0.15) is 23.5 Å². The predicted octanol–water partition coefficient (Wildman–Crippen LogP) is 2.04. The number of hydrogen-bond donors (Lipinski definition) is 1. The molecule has 0 fully saturated rings. The zero-order chi connectivity index (χ0) is 18.5. The third-order valence-electron chi connectivity index (χ3n) is 3.12. The molecule has 26 heavy (non-hydrogen) atoms. The van der Waals surface area contributed by atoms with Gasteiger partial charge in [0.15, 0.2) is 5.13 Å². The second kappa shape index (κ2) is 7.93. The zero-order valence-corrected chi connectivity index (χ0v) is 14.9. The second-order valence-corrected chi connectivity index (χ2v) is 6.31. The molecule has 9 nitrogen and oxygen atoms in total. The first-order chi connectivity index (χ1) is 12.6. The van der Waals surface area contributed by atoms with E-state index in [-0.39, 0.29) is 16.9 Å². The summed E-state index contributed by atoms with van der Waals surface area (Å²) in [5.74, 6) is -0.255. The highest BCUT2D eigenvalue weighted by atomic mass is 32.1. The molecule has 0 radical (unpaired) electrons. The topological polar surface area (TPSA) is 114 Å². The van der Waals surface area contributed by atoms with Gasteiger partial charge in [-0.1, -0.05) is 11.3 Å². The van der Waals surface area contributed by atoms with E-state index in [0.717, 1.165) is 11.3 Å². The number of aromatic nitrogens is 5. The van der Waals surface area contributed by atoms with Gasteiger partial charge in [0, 0.05) is 24.8 Å². The van der Waals surface area contributed by atoms with Crippen molar-refractivity contribution in [3.63, 3.8) is 0 Å². The maximum atomic E-state index is 12.5. The first kappa shape index (κ1) is 17.8. The molecule has 3 aromatic rings. The monoisotopic (exact) mass is 372 g/mol. The molecule has 0 spiro atoms. The van der Waals surface area contributed by atoms with Crippen molar-refractivity contribution < 1.29 is 14.6 Å². The lowest BCUT2D eigenvalue weighted by Gasteiger charge is -2.15. The highest BCUT2D eigenvalue weighted by molar-refractivity contribution is 7.18. The number of aliphatic hydroxyl groups is 1. The Morgan fingerprint density at radius 1 is 1.23 bits per heavy atom. The third kappa shape index (κ3) is 3.81. The van der Waals surface area contributed by atoms with Crippen LogP contribution in [0, 0.1) is 0 Å². The minimum atomic E-state index is -0.517. The van der Waals surface area contributed by atoms with Gasteiger partial charge in [0.1, 0.15) is 23.0 Å². The first-order valence-electron chi connectivity index (χ1n) is 7.73. The van der Waals surface area contributed by atoms with Crippen molar-refractivity contribution in [1.29, 1.82) is 0 Å². The number of thiazole rings is 1. The lowest BCUT2D eigenvalue weighted by atomic mass is 10.3. The van der Waals surface area contributed by atoms with Gasteiger partial charge in [-0.25, -0.2) is 19.7 Å². The van der Waals surface area contributed by atoms with Crippen LogP contribution in [0.4, 0.5) is 11.1 Å². The Bertz CT molecular complexity index is 872. The van der Waals surface area contributed by atoms with Crippen molar-refractivity contribution in [2.45, 2.75) is 20.0 Å². The predicted molar refractivity (Wildman–Crippen MR) is 94.9 cm³/mol. The summed E-state index contributed by atoms with van der Waals surface area (Å²) in [6.07, 6.45) is 7.37. The molecule has 0 aliphatic heterocycles. The molecule has 3 aromatic heterocycles. The molecule has 1 N–H and O–H groups in total. The average Bonchev–Trinajstić information content (AvgIpc) is 3.09. The highest BCUT2D eigenvalue weighted by Gasteiger charge is 2.26. The number of anilines is 2. The lowest BCUT2D eigenvalue weighted by molar-refractivity contribution is 0.0384. The van der Waals surface area contributed by atoms with E-state index in [1.807, 2.05) is 0 Å². The van der Waals surface area contributed by atoms with Crippen molar-refractivity contribution in [2.75, 3.05) is 11.6 Å². The molecule has 0 aliphatic carbocycles. The zero-order valence-electron chi connectivity index (χ0n) is 14.1. The summed E-state index contributed by atoms with van der Waals surface area (Å²) in [6.45, 7) is 3.12. The van der Waals surface area contributed by atoms with Gasteiger partial charge in [0.05, 0.1) is 12.3 Å². The fraction of sp³-hybridized carbons (Fsp3) is 0.250. The van der Waals surface area contributed by atoms with Crippen LogP contribution in [-0.4, -0.2) is 48.8 Å². The largest absolute Gasteiger partial charge is 0.459 e. The lowest BCUT2D eigenvalue weighted by Crippen LogP contribution is -2.20. The summed E-state index contributed by atoms with van der Waals surface area (Å²) in [4.78, 5) is 35.0. The minimum Gasteiger partial charge on any atom is -0.459 e. The van der Waals surface area contributed by atoms with Crippen LogP contribution in [-0.2, 0) is 4.74 Å². The Kier molecular flexibility index (Phi) is 5.44. The fourth-order valence-electron chi connectivity index (χ4n) is 2.07. The van der Waals surface area contributed by atoms with Crippen LogP contribution in [0.25, 0.3) is 11.4 Å². The molecule has 0 bridgehead atoms. The van der Waals surface area contributed by atoms with Gasteiger partial charge in [0.2, 0.25) is 5.95 Å². The molecule has 3 rings (SSSR count). The van der Waals surface area contributed by atoms with Crippen molar-refractivity contribution in [2.24, 2.45) is 0 Å². The van der Waals surface area contributed by atoms with E-state index in [4.69, 9.17) is 4.74 Å². The van der Waals surface area contributed by atoms with Gasteiger partial charge in [-0.15, -0.1) is 0 Å². The molecule has 3 heterocycles. The highest BCUT2D eigenvalue weighted by Crippen LogP contribution is 2.34. The Balaban J connectivity index is 2.07. The van der Waals surface area contributed by atoms with E-state index >= 15 is 0 Å². The van der Waals surface area contributed by atoms with Gasteiger partial charge < -0.3 is 9.84 Å². The summed E-state index contributed by atoms with van der Waals surface area (Å²) < 4.78 is 5.30. The van der Waals surface area contributed by atoms with Gasteiger partial charge in [-0.2, -0.15) is 0 Å². The number of rotatable bonds is 6. The average molecular weight is 372 g/mol. The van der Waals surface area contributed by atoms with Gasteiger partial charge >= 0.3 is 5.97 Å². The van der Waals surface area contributed by atoms with Gasteiger partial charge in [-0.3, -0.25) is 14.9 Å². The number of carbonyl (C=O) groups excluding carboxylic acids is 1. The van der Waals surface area contributed by atoms with Gasteiger partial charge in [0.25, 0.3) is 0 Å². The van der Waals surface area contributed by atoms with Crippen LogP contribution in [0.3, 0.4) is 0 Å². The van der Waals surface area contributed by atoms with E-state index < -0.39 is 12.7 Å². The second-order valence-electron chi connectivity index (χ2n) is 5.34. The fourth-order valence-corrected chi connectivity index (χ4v) is 3.01. The Labute approximate surface area is 153 Å². The number of carbonyl (C=O) groups is 1. The minimum absolute atomic E-state index is 0.262. The molecule has 0 unspecified atom stereocenters. The van der Waals surface area contributed by atoms with Gasteiger partial charge in [-0.05, 0) is 19.9 Å². The number of nitrogens with zero attached hydrogens (tertiary/aromatic N) is 6. The third-order valence-corrected chi connectivity index (χ3v) is 4.17. The molecule has 0 saturated carbocycles. The molecule has 0 atom stereocenters.